The molecule has 10 heteroatoms. The van der Waals surface area contributed by atoms with Crippen molar-refractivity contribution >= 4 is 35.0 Å². The first-order valence-corrected chi connectivity index (χ1v) is 11.8. The minimum absolute atomic E-state index is 0.128. The van der Waals surface area contributed by atoms with Gasteiger partial charge in [0.15, 0.2) is 17.1 Å². The highest BCUT2D eigenvalue weighted by Crippen LogP contribution is 2.31. The standard InChI is InChI=1S/C24H27ClN4O4S/c1-6-11-29-23(16(3)33-20-12-15(2)7-9-18(20)25)27-28-24(29)34-14-22(30)26-19-10-8-17(31-4)13-21(19)32-5/h6-10,12-13,16H,1,11,14H2,2-5H3,(H,26,30). The second kappa shape index (κ2) is 11.8. The minimum atomic E-state index is -0.418. The number of aryl methyl sites for hydroxylation is 1. The fourth-order valence-corrected chi connectivity index (χ4v) is 4.09. The lowest BCUT2D eigenvalue weighted by Gasteiger charge is -2.17. The van der Waals surface area contributed by atoms with Gasteiger partial charge in [-0.3, -0.25) is 9.36 Å². The summed E-state index contributed by atoms with van der Waals surface area (Å²) in [6.45, 7) is 8.13. The zero-order chi connectivity index (χ0) is 24.7. The Kier molecular flexibility index (Phi) is 8.84. The summed E-state index contributed by atoms with van der Waals surface area (Å²) >= 11 is 7.54. The van der Waals surface area contributed by atoms with Crippen molar-refractivity contribution in [3.63, 3.8) is 0 Å². The topological polar surface area (TPSA) is 87.5 Å². The van der Waals surface area contributed by atoms with Crippen molar-refractivity contribution in [2.75, 3.05) is 25.3 Å². The average Bonchev–Trinajstić information content (AvgIpc) is 3.23. The fraction of sp³-hybridized carbons (Fsp3) is 0.292. The van der Waals surface area contributed by atoms with Crippen LogP contribution in [0.15, 0.2) is 54.2 Å². The molecule has 180 valence electrons. The van der Waals surface area contributed by atoms with E-state index in [1.165, 1.54) is 18.9 Å². The molecule has 1 heterocycles. The highest BCUT2D eigenvalue weighted by atomic mass is 35.5. The van der Waals surface area contributed by atoms with Crippen molar-refractivity contribution in [3.05, 3.63) is 65.5 Å². The number of anilines is 1. The summed E-state index contributed by atoms with van der Waals surface area (Å²) in [5, 5.41) is 12.5. The van der Waals surface area contributed by atoms with Crippen LogP contribution in [0.5, 0.6) is 17.2 Å². The van der Waals surface area contributed by atoms with Crippen LogP contribution in [0.4, 0.5) is 5.69 Å². The van der Waals surface area contributed by atoms with E-state index in [1.54, 1.807) is 37.5 Å². The maximum atomic E-state index is 12.6. The van der Waals surface area contributed by atoms with Crippen LogP contribution in [-0.4, -0.2) is 40.6 Å². The van der Waals surface area contributed by atoms with Crippen molar-refractivity contribution < 1.29 is 19.0 Å². The lowest BCUT2D eigenvalue weighted by atomic mass is 10.2. The van der Waals surface area contributed by atoms with E-state index in [1.807, 2.05) is 30.5 Å². The highest BCUT2D eigenvalue weighted by molar-refractivity contribution is 7.99. The normalized spacial score (nSPS) is 11.6. The summed E-state index contributed by atoms with van der Waals surface area (Å²) in [7, 11) is 3.10. The number of carbonyl (C=O) groups is 1. The van der Waals surface area contributed by atoms with Crippen LogP contribution < -0.4 is 19.5 Å². The van der Waals surface area contributed by atoms with Crippen molar-refractivity contribution in [3.8, 4) is 17.2 Å². The van der Waals surface area contributed by atoms with Gasteiger partial charge in [-0.25, -0.2) is 0 Å². The van der Waals surface area contributed by atoms with E-state index in [4.69, 9.17) is 25.8 Å². The predicted octanol–water partition coefficient (Wildman–Crippen LogP) is 5.31. The molecule has 0 aliphatic heterocycles. The molecule has 1 aromatic heterocycles. The first-order valence-electron chi connectivity index (χ1n) is 10.5. The third-order valence-corrected chi connectivity index (χ3v) is 6.11. The largest absolute Gasteiger partial charge is 0.497 e. The van der Waals surface area contributed by atoms with Gasteiger partial charge in [-0.1, -0.05) is 35.5 Å². The molecule has 0 saturated carbocycles. The lowest BCUT2D eigenvalue weighted by molar-refractivity contribution is -0.113. The van der Waals surface area contributed by atoms with Crippen LogP contribution in [0.1, 0.15) is 24.4 Å². The van der Waals surface area contributed by atoms with Gasteiger partial charge < -0.3 is 19.5 Å². The lowest BCUT2D eigenvalue weighted by Crippen LogP contribution is -2.16. The molecule has 0 radical (unpaired) electrons. The molecule has 34 heavy (non-hydrogen) atoms. The number of aromatic nitrogens is 3. The molecule has 1 amide bonds. The van der Waals surface area contributed by atoms with Gasteiger partial charge in [-0.15, -0.1) is 16.8 Å². The Labute approximate surface area is 208 Å². The molecule has 0 fully saturated rings. The molecule has 0 aliphatic carbocycles. The van der Waals surface area contributed by atoms with E-state index < -0.39 is 6.10 Å². The number of nitrogens with one attached hydrogen (secondary N) is 1. The summed E-state index contributed by atoms with van der Waals surface area (Å²) in [6, 6.07) is 10.8. The molecular weight excluding hydrogens is 476 g/mol. The zero-order valence-electron chi connectivity index (χ0n) is 19.5. The Bertz CT molecular complexity index is 1170. The second-order valence-corrected chi connectivity index (χ2v) is 8.69. The molecule has 1 unspecified atom stereocenters. The van der Waals surface area contributed by atoms with Crippen LogP contribution in [0.3, 0.4) is 0 Å². The van der Waals surface area contributed by atoms with Gasteiger partial charge in [0, 0.05) is 12.6 Å². The van der Waals surface area contributed by atoms with Crippen LogP contribution in [0.2, 0.25) is 5.02 Å². The number of allylic oxidation sites excluding steroid dienone is 1. The van der Waals surface area contributed by atoms with Crippen molar-refractivity contribution in [1.82, 2.24) is 14.8 Å². The van der Waals surface area contributed by atoms with Crippen molar-refractivity contribution in [2.24, 2.45) is 0 Å². The summed E-state index contributed by atoms with van der Waals surface area (Å²) in [5.41, 5.74) is 1.59. The number of methoxy groups -OCH3 is 2. The number of hydrogen-bond donors (Lipinski definition) is 1. The van der Waals surface area contributed by atoms with Crippen LogP contribution >= 0.6 is 23.4 Å². The van der Waals surface area contributed by atoms with Crippen molar-refractivity contribution in [1.29, 1.82) is 0 Å². The van der Waals surface area contributed by atoms with Crippen molar-refractivity contribution in [2.45, 2.75) is 31.7 Å². The monoisotopic (exact) mass is 502 g/mol. The number of thioether (sulfide) groups is 1. The minimum Gasteiger partial charge on any atom is -0.497 e. The maximum Gasteiger partial charge on any atom is 0.234 e. The first kappa shape index (κ1) is 25.5. The van der Waals surface area contributed by atoms with E-state index >= 15 is 0 Å². The molecule has 0 spiro atoms. The molecule has 2 aromatic carbocycles. The summed E-state index contributed by atoms with van der Waals surface area (Å²) < 4.78 is 18.5. The number of benzene rings is 2. The number of carbonyl (C=O) groups excluding carboxylic acids is 1. The quantitative estimate of drug-likeness (QED) is 0.280. The second-order valence-electron chi connectivity index (χ2n) is 7.34. The van der Waals surface area contributed by atoms with Gasteiger partial charge in [0.1, 0.15) is 17.2 Å². The summed E-state index contributed by atoms with van der Waals surface area (Å²) in [6.07, 6.45) is 1.32. The van der Waals surface area contributed by atoms with Gasteiger partial charge in [0.25, 0.3) is 0 Å². The fourth-order valence-electron chi connectivity index (χ4n) is 3.17. The first-order chi connectivity index (χ1) is 16.4. The molecule has 1 atom stereocenters. The molecule has 3 aromatic rings. The number of nitrogens with zero attached hydrogens (tertiary/aromatic N) is 3. The Hall–Kier alpha value is -3.17. The smallest absolute Gasteiger partial charge is 0.234 e. The van der Waals surface area contributed by atoms with Gasteiger partial charge in [-0.2, -0.15) is 0 Å². The van der Waals surface area contributed by atoms with E-state index in [-0.39, 0.29) is 11.7 Å². The van der Waals surface area contributed by atoms with E-state index in [0.717, 1.165) is 5.56 Å². The SMILES string of the molecule is C=CCn1c(SCC(=O)Nc2ccc(OC)cc2OC)nnc1C(C)Oc1cc(C)ccc1Cl. The van der Waals surface area contributed by atoms with E-state index in [0.29, 0.717) is 45.5 Å². The van der Waals surface area contributed by atoms with E-state index in [2.05, 4.69) is 22.1 Å². The Balaban J connectivity index is 1.70. The van der Waals surface area contributed by atoms with Gasteiger partial charge in [0.2, 0.25) is 5.91 Å². The van der Waals surface area contributed by atoms with Crippen LogP contribution in [0, 0.1) is 6.92 Å². The number of rotatable bonds is 11. The molecule has 8 nitrogen and oxygen atoms in total. The summed E-state index contributed by atoms with van der Waals surface area (Å²) in [5.74, 6) is 2.25. The number of ether oxygens (including phenoxy) is 3. The van der Waals surface area contributed by atoms with Gasteiger partial charge in [-0.05, 0) is 43.7 Å². The zero-order valence-corrected chi connectivity index (χ0v) is 21.1. The van der Waals surface area contributed by atoms with Gasteiger partial charge >= 0.3 is 0 Å². The molecule has 3 rings (SSSR count). The number of halogens is 1. The highest BCUT2D eigenvalue weighted by Gasteiger charge is 2.21. The van der Waals surface area contributed by atoms with E-state index in [9.17, 15) is 4.79 Å². The molecule has 0 aliphatic rings. The Morgan fingerprint density at radius 2 is 2.00 bits per heavy atom. The number of amides is 1. The summed E-state index contributed by atoms with van der Waals surface area (Å²) in [4.78, 5) is 12.6. The molecule has 1 N–H and O–H groups in total. The predicted molar refractivity (Wildman–Crippen MR) is 134 cm³/mol. The third-order valence-electron chi connectivity index (χ3n) is 4.83. The van der Waals surface area contributed by atoms with Crippen LogP contribution in [-0.2, 0) is 11.3 Å². The Morgan fingerprint density at radius 3 is 2.71 bits per heavy atom. The third kappa shape index (κ3) is 6.24. The van der Waals surface area contributed by atoms with Gasteiger partial charge in [0.05, 0.1) is 30.7 Å². The Morgan fingerprint density at radius 1 is 1.21 bits per heavy atom. The number of hydrogen-bond acceptors (Lipinski definition) is 7. The van der Waals surface area contributed by atoms with Crippen LogP contribution in [0.25, 0.3) is 0 Å². The molecule has 0 bridgehead atoms. The maximum absolute atomic E-state index is 12.6. The molecule has 0 saturated heterocycles. The average molecular weight is 503 g/mol. The molecular formula is C24H27ClN4O4S.